The van der Waals surface area contributed by atoms with Crippen molar-refractivity contribution in [3.8, 4) is 5.75 Å². The second-order valence-electron chi connectivity index (χ2n) is 5.49. The van der Waals surface area contributed by atoms with Crippen LogP contribution in [0.15, 0.2) is 42.5 Å². The van der Waals surface area contributed by atoms with E-state index in [0.29, 0.717) is 12.2 Å². The highest BCUT2D eigenvalue weighted by Gasteiger charge is 2.19. The molecule has 1 atom stereocenters. The van der Waals surface area contributed by atoms with Crippen LogP contribution < -0.4 is 15.4 Å². The van der Waals surface area contributed by atoms with E-state index in [0.717, 1.165) is 11.6 Å². The molecule has 7 heteroatoms. The van der Waals surface area contributed by atoms with Gasteiger partial charge in [-0.15, -0.1) is 0 Å². The van der Waals surface area contributed by atoms with Gasteiger partial charge in [-0.1, -0.05) is 18.2 Å². The van der Waals surface area contributed by atoms with Gasteiger partial charge >= 0.3 is 11.8 Å². The summed E-state index contributed by atoms with van der Waals surface area (Å²) in [4.78, 5) is 23.7. The SMILES string of the molecule is COc1cccc(CC(C)NC(=O)C(=O)Nc2cccc(F)c2F)c1. The van der Waals surface area contributed by atoms with Crippen LogP contribution in [0.1, 0.15) is 12.5 Å². The summed E-state index contributed by atoms with van der Waals surface area (Å²) in [6.07, 6.45) is 0.477. The standard InChI is InChI=1S/C18H18F2N2O3/c1-11(9-12-5-3-6-13(10-12)25-2)21-17(23)18(24)22-15-8-4-7-14(19)16(15)20/h3-8,10-11H,9H2,1-2H3,(H,21,23)(H,22,24). The number of benzene rings is 2. The summed E-state index contributed by atoms with van der Waals surface area (Å²) in [5.41, 5.74) is 0.532. The molecule has 0 bridgehead atoms. The summed E-state index contributed by atoms with van der Waals surface area (Å²) in [5.74, 6) is -3.63. The summed E-state index contributed by atoms with van der Waals surface area (Å²) >= 11 is 0. The van der Waals surface area contributed by atoms with E-state index in [2.05, 4.69) is 10.6 Å². The summed E-state index contributed by atoms with van der Waals surface area (Å²) in [6.45, 7) is 1.73. The number of methoxy groups -OCH3 is 1. The first-order valence-corrected chi connectivity index (χ1v) is 7.59. The van der Waals surface area contributed by atoms with Crippen LogP contribution in [0.4, 0.5) is 14.5 Å². The maximum absolute atomic E-state index is 13.5. The predicted octanol–water partition coefficient (Wildman–Crippen LogP) is 2.66. The maximum atomic E-state index is 13.5. The smallest absolute Gasteiger partial charge is 0.313 e. The van der Waals surface area contributed by atoms with E-state index >= 15 is 0 Å². The minimum Gasteiger partial charge on any atom is -0.497 e. The molecule has 2 rings (SSSR count). The van der Waals surface area contributed by atoms with E-state index in [4.69, 9.17) is 4.74 Å². The highest BCUT2D eigenvalue weighted by atomic mass is 19.2. The second-order valence-corrected chi connectivity index (χ2v) is 5.49. The van der Waals surface area contributed by atoms with Crippen molar-refractivity contribution >= 4 is 17.5 Å². The topological polar surface area (TPSA) is 67.4 Å². The summed E-state index contributed by atoms with van der Waals surface area (Å²) in [7, 11) is 1.56. The van der Waals surface area contributed by atoms with Crippen molar-refractivity contribution in [3.05, 3.63) is 59.7 Å². The number of nitrogens with one attached hydrogen (secondary N) is 2. The molecule has 0 heterocycles. The molecule has 0 fully saturated rings. The third kappa shape index (κ3) is 5.00. The lowest BCUT2D eigenvalue weighted by Gasteiger charge is -2.14. The van der Waals surface area contributed by atoms with Crippen LogP contribution in [-0.2, 0) is 16.0 Å². The Morgan fingerprint density at radius 2 is 1.84 bits per heavy atom. The Kier molecular flexibility index (Phi) is 6.05. The van der Waals surface area contributed by atoms with Crippen LogP contribution in [0, 0.1) is 11.6 Å². The van der Waals surface area contributed by atoms with Gasteiger partial charge in [0.2, 0.25) is 0 Å². The zero-order valence-corrected chi connectivity index (χ0v) is 13.8. The molecule has 0 aliphatic heterocycles. The van der Waals surface area contributed by atoms with Gasteiger partial charge in [0.25, 0.3) is 0 Å². The molecule has 0 aliphatic rings. The Morgan fingerprint density at radius 3 is 2.56 bits per heavy atom. The van der Waals surface area contributed by atoms with E-state index in [-0.39, 0.29) is 11.7 Å². The molecule has 2 aromatic rings. The molecule has 132 valence electrons. The Labute approximate surface area is 144 Å². The van der Waals surface area contributed by atoms with E-state index in [1.165, 1.54) is 12.1 Å². The van der Waals surface area contributed by atoms with Gasteiger partial charge in [-0.05, 0) is 43.2 Å². The van der Waals surface area contributed by atoms with Crippen LogP contribution in [0.25, 0.3) is 0 Å². The number of anilines is 1. The quantitative estimate of drug-likeness (QED) is 0.817. The molecule has 2 N–H and O–H groups in total. The van der Waals surface area contributed by atoms with Gasteiger partial charge in [-0.25, -0.2) is 8.78 Å². The number of hydrogen-bond acceptors (Lipinski definition) is 3. The zero-order chi connectivity index (χ0) is 18.4. The first-order chi connectivity index (χ1) is 11.9. The molecule has 0 aromatic heterocycles. The fourth-order valence-corrected chi connectivity index (χ4v) is 2.27. The molecule has 0 radical (unpaired) electrons. The highest BCUT2D eigenvalue weighted by molar-refractivity contribution is 6.39. The maximum Gasteiger partial charge on any atom is 0.313 e. The molecule has 2 aromatic carbocycles. The van der Waals surface area contributed by atoms with Crippen molar-refractivity contribution in [3.63, 3.8) is 0 Å². The fraction of sp³-hybridized carbons (Fsp3) is 0.222. The van der Waals surface area contributed by atoms with Crippen molar-refractivity contribution in [2.45, 2.75) is 19.4 Å². The largest absolute Gasteiger partial charge is 0.497 e. The number of halogens is 2. The molecular weight excluding hydrogens is 330 g/mol. The highest BCUT2D eigenvalue weighted by Crippen LogP contribution is 2.16. The van der Waals surface area contributed by atoms with Gasteiger partial charge in [-0.3, -0.25) is 9.59 Å². The van der Waals surface area contributed by atoms with E-state index < -0.39 is 23.4 Å². The predicted molar refractivity (Wildman–Crippen MR) is 89.3 cm³/mol. The van der Waals surface area contributed by atoms with Crippen molar-refractivity contribution in [1.82, 2.24) is 5.32 Å². The number of rotatable bonds is 5. The van der Waals surface area contributed by atoms with Crippen molar-refractivity contribution < 1.29 is 23.1 Å². The van der Waals surface area contributed by atoms with Gasteiger partial charge in [0.1, 0.15) is 5.75 Å². The fourth-order valence-electron chi connectivity index (χ4n) is 2.27. The third-order valence-electron chi connectivity index (χ3n) is 3.46. The lowest BCUT2D eigenvalue weighted by atomic mass is 10.1. The van der Waals surface area contributed by atoms with E-state index in [1.807, 2.05) is 18.2 Å². The number of carbonyl (C=O) groups is 2. The normalized spacial score (nSPS) is 11.5. The lowest BCUT2D eigenvalue weighted by Crippen LogP contribution is -2.41. The average Bonchev–Trinajstić information content (AvgIpc) is 2.58. The van der Waals surface area contributed by atoms with Gasteiger partial charge < -0.3 is 15.4 Å². The molecule has 0 spiro atoms. The van der Waals surface area contributed by atoms with Gasteiger partial charge in [0.05, 0.1) is 12.8 Å². The summed E-state index contributed by atoms with van der Waals surface area (Å²) in [5, 5.41) is 4.56. The lowest BCUT2D eigenvalue weighted by molar-refractivity contribution is -0.136. The Bertz CT molecular complexity index is 781. The molecule has 0 saturated carbocycles. The average molecular weight is 348 g/mol. The molecule has 1 unspecified atom stereocenters. The molecule has 0 saturated heterocycles. The molecule has 5 nitrogen and oxygen atoms in total. The molecule has 25 heavy (non-hydrogen) atoms. The van der Waals surface area contributed by atoms with Crippen molar-refractivity contribution in [2.75, 3.05) is 12.4 Å². The number of hydrogen-bond donors (Lipinski definition) is 2. The van der Waals surface area contributed by atoms with Crippen LogP contribution in [0.2, 0.25) is 0 Å². The minimum absolute atomic E-state index is 0.345. The van der Waals surface area contributed by atoms with Gasteiger partial charge in [0.15, 0.2) is 11.6 Å². The molecule has 2 amide bonds. The number of amides is 2. The monoisotopic (exact) mass is 348 g/mol. The summed E-state index contributed by atoms with van der Waals surface area (Å²) in [6, 6.07) is 10.3. The van der Waals surface area contributed by atoms with Gasteiger partial charge in [-0.2, -0.15) is 0 Å². The number of ether oxygens (including phenoxy) is 1. The molecule has 0 aliphatic carbocycles. The van der Waals surface area contributed by atoms with E-state index in [1.54, 1.807) is 20.1 Å². The van der Waals surface area contributed by atoms with Crippen LogP contribution in [0.3, 0.4) is 0 Å². The van der Waals surface area contributed by atoms with Crippen LogP contribution in [0.5, 0.6) is 5.75 Å². The molecular formula is C18H18F2N2O3. The van der Waals surface area contributed by atoms with Crippen LogP contribution >= 0.6 is 0 Å². The first kappa shape index (κ1) is 18.4. The van der Waals surface area contributed by atoms with Crippen molar-refractivity contribution in [1.29, 1.82) is 0 Å². The van der Waals surface area contributed by atoms with Crippen molar-refractivity contribution in [2.24, 2.45) is 0 Å². The Morgan fingerprint density at radius 1 is 1.12 bits per heavy atom. The minimum atomic E-state index is -1.21. The van der Waals surface area contributed by atoms with Gasteiger partial charge in [0, 0.05) is 6.04 Å². The summed E-state index contributed by atoms with van der Waals surface area (Å²) < 4.78 is 31.7. The first-order valence-electron chi connectivity index (χ1n) is 7.59. The number of carbonyl (C=O) groups excluding carboxylic acids is 2. The zero-order valence-electron chi connectivity index (χ0n) is 13.8. The Hall–Kier alpha value is -2.96. The Balaban J connectivity index is 1.93. The van der Waals surface area contributed by atoms with E-state index in [9.17, 15) is 18.4 Å². The second kappa shape index (κ2) is 8.23. The van der Waals surface area contributed by atoms with Crippen LogP contribution in [-0.4, -0.2) is 25.0 Å². The third-order valence-corrected chi connectivity index (χ3v) is 3.46.